The Balaban J connectivity index is 1.87. The van der Waals surface area contributed by atoms with Crippen molar-refractivity contribution in [2.24, 2.45) is 0 Å². The lowest BCUT2D eigenvalue weighted by Crippen LogP contribution is -2.45. The van der Waals surface area contributed by atoms with Gasteiger partial charge in [-0.2, -0.15) is 4.72 Å². The molecule has 0 saturated heterocycles. The fourth-order valence-corrected chi connectivity index (χ4v) is 4.42. The minimum Gasteiger partial charge on any atom is -0.497 e. The summed E-state index contributed by atoms with van der Waals surface area (Å²) in [6, 6.07) is 20.0. The Labute approximate surface area is 183 Å². The number of hydrogen-bond donors (Lipinski definition) is 2. The van der Waals surface area contributed by atoms with Gasteiger partial charge in [0, 0.05) is 5.69 Å². The third-order valence-corrected chi connectivity index (χ3v) is 6.39. The molecule has 0 fully saturated rings. The van der Waals surface area contributed by atoms with Crippen molar-refractivity contribution in [1.29, 1.82) is 0 Å². The highest BCUT2D eigenvalue weighted by molar-refractivity contribution is 7.89. The van der Waals surface area contributed by atoms with Crippen LogP contribution in [0.25, 0.3) is 0 Å². The minimum atomic E-state index is -3.93. The number of anilines is 1. The topological polar surface area (TPSA) is 84.5 Å². The van der Waals surface area contributed by atoms with Gasteiger partial charge in [-0.15, -0.1) is 0 Å². The van der Waals surface area contributed by atoms with Crippen LogP contribution in [0, 0.1) is 13.8 Å². The Morgan fingerprint density at radius 2 is 1.65 bits per heavy atom. The zero-order valence-corrected chi connectivity index (χ0v) is 18.6. The second-order valence-corrected chi connectivity index (χ2v) is 9.06. The summed E-state index contributed by atoms with van der Waals surface area (Å²) in [5.41, 5.74) is 3.49. The number of carbonyl (C=O) groups is 1. The van der Waals surface area contributed by atoms with Crippen LogP contribution in [0.4, 0.5) is 5.69 Å². The number of aryl methyl sites for hydroxylation is 2. The first-order valence-corrected chi connectivity index (χ1v) is 11.4. The van der Waals surface area contributed by atoms with Crippen LogP contribution in [-0.2, 0) is 21.2 Å². The van der Waals surface area contributed by atoms with Crippen molar-refractivity contribution in [3.8, 4) is 5.75 Å². The van der Waals surface area contributed by atoms with Crippen LogP contribution in [0.2, 0.25) is 0 Å². The molecule has 0 spiro atoms. The maximum Gasteiger partial charge on any atom is 0.242 e. The second kappa shape index (κ2) is 9.76. The molecule has 2 N–H and O–H groups in total. The summed E-state index contributed by atoms with van der Waals surface area (Å²) in [5, 5.41) is 2.86. The van der Waals surface area contributed by atoms with E-state index in [1.807, 2.05) is 62.4 Å². The predicted molar refractivity (Wildman–Crippen MR) is 122 cm³/mol. The summed E-state index contributed by atoms with van der Waals surface area (Å²) in [5.74, 6) is 0.125. The second-order valence-electron chi connectivity index (χ2n) is 7.35. The largest absolute Gasteiger partial charge is 0.497 e. The molecule has 0 heterocycles. The van der Waals surface area contributed by atoms with E-state index in [0.29, 0.717) is 11.4 Å². The summed E-state index contributed by atoms with van der Waals surface area (Å²) in [7, 11) is -2.42. The summed E-state index contributed by atoms with van der Waals surface area (Å²) < 4.78 is 33.6. The van der Waals surface area contributed by atoms with Crippen LogP contribution >= 0.6 is 0 Å². The van der Waals surface area contributed by atoms with Gasteiger partial charge in [-0.05, 0) is 61.7 Å². The molecule has 1 atom stereocenters. The first-order chi connectivity index (χ1) is 14.8. The molecule has 0 aliphatic heterocycles. The highest BCUT2D eigenvalue weighted by atomic mass is 32.2. The number of amides is 1. The Hall–Kier alpha value is -3.16. The van der Waals surface area contributed by atoms with Crippen molar-refractivity contribution < 1.29 is 17.9 Å². The highest BCUT2D eigenvalue weighted by Crippen LogP contribution is 2.19. The highest BCUT2D eigenvalue weighted by Gasteiger charge is 2.26. The molecule has 7 heteroatoms. The molecule has 1 unspecified atom stereocenters. The van der Waals surface area contributed by atoms with Crippen molar-refractivity contribution >= 4 is 21.6 Å². The first-order valence-electron chi connectivity index (χ1n) is 9.87. The zero-order valence-electron chi connectivity index (χ0n) is 17.8. The van der Waals surface area contributed by atoms with Crippen LogP contribution in [-0.4, -0.2) is 27.5 Å². The van der Waals surface area contributed by atoms with Crippen LogP contribution in [0.5, 0.6) is 5.75 Å². The van der Waals surface area contributed by atoms with Crippen molar-refractivity contribution in [2.75, 3.05) is 12.4 Å². The summed E-state index contributed by atoms with van der Waals surface area (Å²) in [4.78, 5) is 13.2. The van der Waals surface area contributed by atoms with E-state index in [1.54, 1.807) is 12.1 Å². The number of sulfonamides is 1. The molecular formula is C24H26N2O4S. The number of ether oxygens (including phenoxy) is 1. The molecule has 0 radical (unpaired) electrons. The Kier molecular flexibility index (Phi) is 7.09. The molecule has 0 aliphatic carbocycles. The van der Waals surface area contributed by atoms with Gasteiger partial charge in [0.2, 0.25) is 15.9 Å². The van der Waals surface area contributed by atoms with Crippen molar-refractivity contribution in [3.05, 3.63) is 89.5 Å². The number of benzene rings is 3. The maximum absolute atomic E-state index is 13.1. The van der Waals surface area contributed by atoms with Crippen LogP contribution in [0.15, 0.2) is 77.7 Å². The van der Waals surface area contributed by atoms with Gasteiger partial charge in [0.15, 0.2) is 0 Å². The van der Waals surface area contributed by atoms with Crippen LogP contribution in [0.3, 0.4) is 0 Å². The van der Waals surface area contributed by atoms with E-state index in [0.717, 1.165) is 16.7 Å². The quantitative estimate of drug-likeness (QED) is 0.560. The molecule has 0 saturated carbocycles. The molecule has 0 aromatic heterocycles. The lowest BCUT2D eigenvalue weighted by atomic mass is 10.1. The fraction of sp³-hybridized carbons (Fsp3) is 0.208. The van der Waals surface area contributed by atoms with E-state index in [9.17, 15) is 13.2 Å². The molecule has 0 aliphatic rings. The Morgan fingerprint density at radius 3 is 2.26 bits per heavy atom. The third-order valence-electron chi connectivity index (χ3n) is 4.91. The molecule has 162 valence electrons. The third kappa shape index (κ3) is 5.93. The number of hydrogen-bond acceptors (Lipinski definition) is 4. The van der Waals surface area contributed by atoms with Crippen molar-refractivity contribution in [1.82, 2.24) is 4.72 Å². The normalized spacial score (nSPS) is 12.2. The average molecular weight is 439 g/mol. The summed E-state index contributed by atoms with van der Waals surface area (Å²) >= 11 is 0. The average Bonchev–Trinajstić information content (AvgIpc) is 2.76. The lowest BCUT2D eigenvalue weighted by molar-refractivity contribution is -0.117. The standard InChI is InChI=1S/C24H26N2O4S/c1-17-9-14-22(18(2)15-17)25-24(27)23(16-19-7-5-4-6-8-19)26-31(28,29)21-12-10-20(30-3)11-13-21/h4-15,23,26H,16H2,1-3H3,(H,25,27). The molecule has 6 nitrogen and oxygen atoms in total. The number of carbonyl (C=O) groups excluding carboxylic acids is 1. The molecule has 0 bridgehead atoms. The van der Waals surface area contributed by atoms with E-state index in [1.165, 1.54) is 19.2 Å². The van der Waals surface area contributed by atoms with E-state index in [2.05, 4.69) is 10.0 Å². The van der Waals surface area contributed by atoms with Gasteiger partial charge < -0.3 is 10.1 Å². The predicted octanol–water partition coefficient (Wildman–Crippen LogP) is 3.84. The zero-order chi connectivity index (χ0) is 22.4. The summed E-state index contributed by atoms with van der Waals surface area (Å²) in [6.07, 6.45) is 0.215. The lowest BCUT2D eigenvalue weighted by Gasteiger charge is -2.20. The van der Waals surface area contributed by atoms with Gasteiger partial charge in [-0.25, -0.2) is 8.42 Å². The van der Waals surface area contributed by atoms with Gasteiger partial charge in [-0.1, -0.05) is 48.0 Å². The fourth-order valence-electron chi connectivity index (χ4n) is 3.22. The van der Waals surface area contributed by atoms with Gasteiger partial charge in [0.25, 0.3) is 0 Å². The molecule has 1 amide bonds. The van der Waals surface area contributed by atoms with Crippen molar-refractivity contribution in [3.63, 3.8) is 0 Å². The SMILES string of the molecule is COc1ccc(S(=O)(=O)NC(Cc2ccccc2)C(=O)Nc2ccc(C)cc2C)cc1. The van der Waals surface area contributed by atoms with Crippen LogP contribution < -0.4 is 14.8 Å². The minimum absolute atomic E-state index is 0.0608. The van der Waals surface area contributed by atoms with Crippen LogP contribution in [0.1, 0.15) is 16.7 Å². The maximum atomic E-state index is 13.1. The molecular weight excluding hydrogens is 412 g/mol. The molecule has 3 rings (SSSR count). The molecule has 3 aromatic rings. The first kappa shape index (κ1) is 22.5. The number of rotatable bonds is 8. The van der Waals surface area contributed by atoms with Crippen molar-refractivity contribution in [2.45, 2.75) is 31.2 Å². The number of methoxy groups -OCH3 is 1. The van der Waals surface area contributed by atoms with E-state index in [4.69, 9.17) is 4.74 Å². The van der Waals surface area contributed by atoms with E-state index in [-0.39, 0.29) is 11.3 Å². The van der Waals surface area contributed by atoms with E-state index >= 15 is 0 Å². The number of nitrogens with one attached hydrogen (secondary N) is 2. The summed E-state index contributed by atoms with van der Waals surface area (Å²) in [6.45, 7) is 3.87. The van der Waals surface area contributed by atoms with Gasteiger partial charge in [0.05, 0.1) is 12.0 Å². The van der Waals surface area contributed by atoms with E-state index < -0.39 is 22.0 Å². The Morgan fingerprint density at radius 1 is 0.968 bits per heavy atom. The molecule has 3 aromatic carbocycles. The van der Waals surface area contributed by atoms with Gasteiger partial charge >= 0.3 is 0 Å². The van der Waals surface area contributed by atoms with Gasteiger partial charge in [-0.3, -0.25) is 4.79 Å². The monoisotopic (exact) mass is 438 g/mol. The Bertz CT molecular complexity index is 1140. The smallest absolute Gasteiger partial charge is 0.242 e. The molecule has 31 heavy (non-hydrogen) atoms. The van der Waals surface area contributed by atoms with Gasteiger partial charge in [0.1, 0.15) is 11.8 Å².